The van der Waals surface area contributed by atoms with Crippen molar-refractivity contribution in [3.05, 3.63) is 58.7 Å². The molecule has 1 aliphatic rings. The number of benzene rings is 1. The highest BCUT2D eigenvalue weighted by molar-refractivity contribution is 5.98. The molecule has 0 spiro atoms. The zero-order chi connectivity index (χ0) is 30.4. The minimum absolute atomic E-state index is 0.174. The van der Waals surface area contributed by atoms with E-state index in [9.17, 15) is 19.2 Å². The van der Waals surface area contributed by atoms with E-state index in [1.807, 2.05) is 13.8 Å². The van der Waals surface area contributed by atoms with Gasteiger partial charge in [-0.1, -0.05) is 44.2 Å². The average molecular weight is 582 g/mol. The second kappa shape index (κ2) is 13.0. The number of hydrogen-bond donors (Lipinski definition) is 2. The Morgan fingerprint density at radius 1 is 1.10 bits per heavy atom. The number of rotatable bonds is 10. The summed E-state index contributed by atoms with van der Waals surface area (Å²) in [5.41, 5.74) is -0.905. The topological polar surface area (TPSA) is 171 Å². The summed E-state index contributed by atoms with van der Waals surface area (Å²) in [6.45, 7) is 9.43. The van der Waals surface area contributed by atoms with Crippen LogP contribution in [0.4, 0.5) is 10.5 Å². The lowest BCUT2D eigenvalue weighted by Gasteiger charge is -2.38. The number of amides is 2. The number of nitrogens with one attached hydrogen (secondary N) is 2. The van der Waals surface area contributed by atoms with Gasteiger partial charge >= 0.3 is 6.09 Å². The highest BCUT2D eigenvalue weighted by atomic mass is 16.5. The quantitative estimate of drug-likeness (QED) is 0.336. The first-order valence-electron chi connectivity index (χ1n) is 13.5. The van der Waals surface area contributed by atoms with Gasteiger partial charge in [-0.25, -0.2) is 9.78 Å². The first-order valence-corrected chi connectivity index (χ1v) is 13.5. The molecule has 42 heavy (non-hydrogen) atoms. The van der Waals surface area contributed by atoms with Gasteiger partial charge in [-0.3, -0.25) is 29.2 Å². The molecule has 2 amide bonds. The molecular weight excluding hydrogens is 546 g/mol. The number of aromatic nitrogens is 4. The van der Waals surface area contributed by atoms with Crippen molar-refractivity contribution in [3.8, 4) is 11.4 Å². The van der Waals surface area contributed by atoms with Gasteiger partial charge in [0.2, 0.25) is 17.6 Å². The molecule has 0 unspecified atom stereocenters. The normalized spacial score (nSPS) is 14.8. The summed E-state index contributed by atoms with van der Waals surface area (Å²) in [5.74, 6) is -1.28. The van der Waals surface area contributed by atoms with Crippen LogP contribution in [-0.4, -0.2) is 81.9 Å². The molecule has 1 aliphatic heterocycles. The fourth-order valence-electron chi connectivity index (χ4n) is 4.56. The number of Topliss-reactive ketones (excluding diaryl/α,β-unsaturated/α-hetero) is 1. The van der Waals surface area contributed by atoms with Crippen LogP contribution in [-0.2, 0) is 26.4 Å². The Balaban J connectivity index is 1.57. The smallest absolute Gasteiger partial charge is 0.411 e. The molecule has 224 valence electrons. The number of hydrogen-bond acceptors (Lipinski definition) is 11. The van der Waals surface area contributed by atoms with Crippen molar-refractivity contribution in [2.45, 2.75) is 45.8 Å². The van der Waals surface area contributed by atoms with Crippen LogP contribution in [0.15, 0.2) is 45.7 Å². The third-order valence-corrected chi connectivity index (χ3v) is 7.03. The van der Waals surface area contributed by atoms with Gasteiger partial charge in [-0.2, -0.15) is 0 Å². The number of anilines is 1. The molecule has 0 bridgehead atoms. The Morgan fingerprint density at radius 2 is 1.79 bits per heavy atom. The highest BCUT2D eigenvalue weighted by Crippen LogP contribution is 2.28. The van der Waals surface area contributed by atoms with E-state index in [0.717, 1.165) is 11.7 Å². The minimum Gasteiger partial charge on any atom is -0.453 e. The summed E-state index contributed by atoms with van der Waals surface area (Å²) in [7, 11) is 1.16. The van der Waals surface area contributed by atoms with Gasteiger partial charge in [-0.15, -0.1) is 10.2 Å². The van der Waals surface area contributed by atoms with Crippen molar-refractivity contribution < 1.29 is 28.3 Å². The van der Waals surface area contributed by atoms with Crippen LogP contribution < -0.4 is 16.2 Å². The Bertz CT molecular complexity index is 1480. The predicted octanol–water partition coefficient (Wildman–Crippen LogP) is 2.06. The van der Waals surface area contributed by atoms with Crippen LogP contribution in [0.2, 0.25) is 0 Å². The van der Waals surface area contributed by atoms with Crippen molar-refractivity contribution in [1.82, 2.24) is 30.0 Å². The zero-order valence-electron chi connectivity index (χ0n) is 24.2. The van der Waals surface area contributed by atoms with Crippen LogP contribution in [0.3, 0.4) is 0 Å². The number of morpholine rings is 1. The molecule has 2 aromatic heterocycles. The molecule has 3 heterocycles. The first-order chi connectivity index (χ1) is 20.0. The number of ketones is 1. The summed E-state index contributed by atoms with van der Waals surface area (Å²) in [4.78, 5) is 58.3. The van der Waals surface area contributed by atoms with E-state index in [1.165, 1.54) is 6.20 Å². The van der Waals surface area contributed by atoms with Gasteiger partial charge in [0.25, 0.3) is 11.4 Å². The molecule has 1 aromatic carbocycles. The van der Waals surface area contributed by atoms with E-state index in [1.54, 1.807) is 44.2 Å². The molecule has 1 atom stereocenters. The number of ether oxygens (including phenoxy) is 2. The number of carbonyl (C=O) groups excluding carboxylic acids is 3. The number of carbonyl (C=O) groups is 3. The molecule has 1 saturated heterocycles. The van der Waals surface area contributed by atoms with E-state index in [4.69, 9.17) is 9.15 Å². The zero-order valence-corrected chi connectivity index (χ0v) is 24.2. The summed E-state index contributed by atoms with van der Waals surface area (Å²) in [5, 5.41) is 13.2. The Hall–Kier alpha value is -4.43. The van der Waals surface area contributed by atoms with Crippen molar-refractivity contribution in [3.63, 3.8) is 0 Å². The molecular formula is C28H35N7O7. The fourth-order valence-corrected chi connectivity index (χ4v) is 4.56. The van der Waals surface area contributed by atoms with Crippen LogP contribution in [0.5, 0.6) is 0 Å². The van der Waals surface area contributed by atoms with Crippen molar-refractivity contribution >= 4 is 23.5 Å². The average Bonchev–Trinajstić information content (AvgIpc) is 3.50. The summed E-state index contributed by atoms with van der Waals surface area (Å²) < 4.78 is 17.0. The lowest BCUT2D eigenvalue weighted by molar-refractivity contribution is -0.122. The highest BCUT2D eigenvalue weighted by Gasteiger charge is 2.37. The van der Waals surface area contributed by atoms with Gasteiger partial charge < -0.3 is 19.2 Å². The molecule has 14 nitrogen and oxygen atoms in total. The van der Waals surface area contributed by atoms with Crippen LogP contribution in [0.25, 0.3) is 11.4 Å². The predicted molar refractivity (Wildman–Crippen MR) is 151 cm³/mol. The summed E-state index contributed by atoms with van der Waals surface area (Å²) >= 11 is 0. The molecule has 0 aliphatic carbocycles. The lowest BCUT2D eigenvalue weighted by atomic mass is 9.99. The van der Waals surface area contributed by atoms with E-state index in [2.05, 4.69) is 35.5 Å². The third kappa shape index (κ3) is 6.71. The summed E-state index contributed by atoms with van der Waals surface area (Å²) in [6.07, 6.45) is 0.334. The molecule has 14 heteroatoms. The van der Waals surface area contributed by atoms with Crippen molar-refractivity contribution in [2.75, 3.05) is 38.7 Å². The molecule has 2 N–H and O–H groups in total. The molecule has 0 radical (unpaired) electrons. The van der Waals surface area contributed by atoms with E-state index >= 15 is 0 Å². The minimum atomic E-state index is -1.02. The molecule has 4 rings (SSSR count). The molecule has 3 aromatic rings. The van der Waals surface area contributed by atoms with Gasteiger partial charge in [0.1, 0.15) is 18.1 Å². The second-order valence-corrected chi connectivity index (χ2v) is 10.6. The van der Waals surface area contributed by atoms with E-state index in [0.29, 0.717) is 31.9 Å². The number of methoxy groups -OCH3 is 1. The van der Waals surface area contributed by atoms with Crippen LogP contribution in [0.1, 0.15) is 44.3 Å². The van der Waals surface area contributed by atoms with Crippen LogP contribution >= 0.6 is 0 Å². The fraction of sp³-hybridized carbons (Fsp3) is 0.464. The maximum absolute atomic E-state index is 13.5. The Labute approximate surface area is 242 Å². The third-order valence-electron chi connectivity index (χ3n) is 7.03. The Morgan fingerprint density at radius 3 is 2.43 bits per heavy atom. The van der Waals surface area contributed by atoms with Crippen molar-refractivity contribution in [1.29, 1.82) is 0 Å². The van der Waals surface area contributed by atoms with Crippen LogP contribution in [0, 0.1) is 5.92 Å². The van der Waals surface area contributed by atoms with E-state index in [-0.39, 0.29) is 29.2 Å². The second-order valence-electron chi connectivity index (χ2n) is 10.6. The lowest BCUT2D eigenvalue weighted by Crippen LogP contribution is -2.48. The van der Waals surface area contributed by atoms with Gasteiger partial charge in [0.15, 0.2) is 0 Å². The first kappa shape index (κ1) is 30.5. The molecule has 1 fully saturated rings. The van der Waals surface area contributed by atoms with Gasteiger partial charge in [0.05, 0.1) is 38.1 Å². The molecule has 0 saturated carbocycles. The maximum atomic E-state index is 13.5. The van der Waals surface area contributed by atoms with Gasteiger partial charge in [0, 0.05) is 18.7 Å². The Kier molecular flexibility index (Phi) is 9.48. The largest absolute Gasteiger partial charge is 0.453 e. The summed E-state index contributed by atoms with van der Waals surface area (Å²) in [6, 6.07) is 7.77. The maximum Gasteiger partial charge on any atom is 0.411 e. The monoisotopic (exact) mass is 581 g/mol. The standard InChI is InChI=1S/C28H35N7O7/c1-17(2)21(22(37)24-32-33-26(42-24)28(3,4)34-11-13-41-14-12-34)31-20(36)16-35-23(18-9-7-6-8-10-18)29-15-19(25(35)38)30-27(39)40-5/h6-10,15,17,21H,11-14,16H2,1-5H3,(H,30,39)(H,31,36)/t21-/m0/s1. The van der Waals surface area contributed by atoms with Crippen molar-refractivity contribution in [2.24, 2.45) is 5.92 Å². The SMILES string of the molecule is COC(=O)Nc1cnc(-c2ccccc2)n(CC(=O)N[C@H](C(=O)c2nnc(C(C)(C)N3CCOCC3)o2)C(C)C)c1=O. The van der Waals surface area contributed by atoms with Gasteiger partial charge in [-0.05, 0) is 19.8 Å². The number of nitrogens with zero attached hydrogens (tertiary/aromatic N) is 5. The van der Waals surface area contributed by atoms with E-state index < -0.39 is 41.5 Å².